The Bertz CT molecular complexity index is 1650. The van der Waals surface area contributed by atoms with Crippen LogP contribution in [0.1, 0.15) is 66.4 Å². The second-order valence-corrected chi connectivity index (χ2v) is 11.6. The van der Waals surface area contributed by atoms with Crippen molar-refractivity contribution in [1.29, 1.82) is 0 Å². The third kappa shape index (κ3) is 6.15. The molecule has 2 heterocycles. The van der Waals surface area contributed by atoms with E-state index in [9.17, 15) is 14.4 Å². The van der Waals surface area contributed by atoms with Crippen LogP contribution in [0.4, 0.5) is 5.00 Å². The fraction of sp³-hybridized carbons (Fsp3) is 0.344. The molecule has 0 saturated carbocycles. The molecule has 1 aliphatic carbocycles. The molecule has 1 aliphatic rings. The van der Waals surface area contributed by atoms with E-state index in [2.05, 4.69) is 26.1 Å². The summed E-state index contributed by atoms with van der Waals surface area (Å²) in [7, 11) is 0. The lowest BCUT2D eigenvalue weighted by molar-refractivity contribution is -0.118. The summed E-state index contributed by atoms with van der Waals surface area (Å²) in [5.74, 6) is 0.972. The molecule has 4 aromatic rings. The Balaban J connectivity index is 1.29. The van der Waals surface area contributed by atoms with Gasteiger partial charge in [-0.1, -0.05) is 39.0 Å². The lowest BCUT2D eigenvalue weighted by atomic mass is 9.88. The minimum absolute atomic E-state index is 0.0871. The van der Waals surface area contributed by atoms with Crippen molar-refractivity contribution in [3.8, 4) is 17.2 Å². The Labute approximate surface area is 242 Å². The molecule has 1 unspecified atom stereocenters. The average molecular weight is 576 g/mol. The third-order valence-corrected chi connectivity index (χ3v) is 8.26. The molecule has 5 rings (SSSR count). The molecule has 0 bridgehead atoms. The number of carbonyl (C=O) groups excluding carboxylic acids is 2. The summed E-state index contributed by atoms with van der Waals surface area (Å²) in [5.41, 5.74) is 2.41. The highest BCUT2D eigenvalue weighted by Gasteiger charge is 2.29. The number of hydrogen-bond acceptors (Lipinski definition) is 8. The molecule has 0 radical (unpaired) electrons. The maximum atomic E-state index is 13.1. The molecule has 1 amide bonds. The summed E-state index contributed by atoms with van der Waals surface area (Å²) in [6.07, 6.45) is 3.93. The second-order valence-electron chi connectivity index (χ2n) is 10.5. The number of thiophene rings is 1. The van der Waals surface area contributed by atoms with Crippen LogP contribution in [0.25, 0.3) is 11.0 Å². The molecular weight excluding hydrogens is 542 g/mol. The summed E-state index contributed by atoms with van der Waals surface area (Å²) < 4.78 is 22.6. The number of para-hydroxylation sites is 1. The topological polar surface area (TPSA) is 104 Å². The first-order valence-corrected chi connectivity index (χ1v) is 14.6. The van der Waals surface area contributed by atoms with E-state index in [0.29, 0.717) is 39.0 Å². The Morgan fingerprint density at radius 1 is 1.15 bits per heavy atom. The van der Waals surface area contributed by atoms with Crippen LogP contribution in [0.5, 0.6) is 17.2 Å². The van der Waals surface area contributed by atoms with Crippen LogP contribution < -0.4 is 20.2 Å². The quantitative estimate of drug-likeness (QED) is 0.213. The van der Waals surface area contributed by atoms with Gasteiger partial charge in [0.25, 0.3) is 5.91 Å². The van der Waals surface area contributed by atoms with Crippen molar-refractivity contribution in [2.45, 2.75) is 52.9 Å². The standard InChI is InChI=1S/C32H33NO7S/c1-5-37-32(36)29-23-12-10-19(4)14-27(23)41-31(29)33-28(34)17-38-20-11-13-22-25(15-20)39-16-26(30(22)35)40-24-9-7-6-8-21(24)18(2)3/h6-9,11,13,15-16,18-19H,5,10,12,14,17H2,1-4H3,(H,33,34). The molecule has 1 atom stereocenters. The van der Waals surface area contributed by atoms with E-state index in [1.165, 1.54) is 17.6 Å². The van der Waals surface area contributed by atoms with E-state index in [-0.39, 0.29) is 30.3 Å². The van der Waals surface area contributed by atoms with Crippen LogP contribution in [0.15, 0.2) is 57.9 Å². The molecule has 9 heteroatoms. The van der Waals surface area contributed by atoms with Crippen LogP contribution in [0.2, 0.25) is 0 Å². The van der Waals surface area contributed by atoms with E-state index in [4.69, 9.17) is 18.6 Å². The lowest BCUT2D eigenvalue weighted by Crippen LogP contribution is -2.21. The number of ether oxygens (including phenoxy) is 3. The van der Waals surface area contributed by atoms with Crippen LogP contribution in [-0.4, -0.2) is 25.1 Å². The molecule has 41 heavy (non-hydrogen) atoms. The molecule has 1 N–H and O–H groups in total. The monoisotopic (exact) mass is 575 g/mol. The Hall–Kier alpha value is -4.11. The molecule has 214 valence electrons. The predicted octanol–water partition coefficient (Wildman–Crippen LogP) is 7.09. The molecule has 0 spiro atoms. The Kier molecular flexibility index (Phi) is 8.44. The highest BCUT2D eigenvalue weighted by Crippen LogP contribution is 2.40. The molecule has 0 aliphatic heterocycles. The summed E-state index contributed by atoms with van der Waals surface area (Å²) >= 11 is 1.43. The first-order valence-electron chi connectivity index (χ1n) is 13.8. The van der Waals surface area contributed by atoms with Crippen LogP contribution in [-0.2, 0) is 22.4 Å². The van der Waals surface area contributed by atoms with E-state index in [1.54, 1.807) is 25.1 Å². The number of carbonyl (C=O) groups is 2. The molecule has 8 nitrogen and oxygen atoms in total. The van der Waals surface area contributed by atoms with Gasteiger partial charge in [-0.2, -0.15) is 0 Å². The first-order chi connectivity index (χ1) is 19.7. The zero-order chi connectivity index (χ0) is 29.1. The number of esters is 1. The van der Waals surface area contributed by atoms with Crippen molar-refractivity contribution in [2.75, 3.05) is 18.5 Å². The molecule has 2 aromatic carbocycles. The smallest absolute Gasteiger partial charge is 0.341 e. The van der Waals surface area contributed by atoms with Crippen LogP contribution in [0.3, 0.4) is 0 Å². The Morgan fingerprint density at radius 3 is 2.73 bits per heavy atom. The summed E-state index contributed by atoms with van der Waals surface area (Å²) in [6.45, 7) is 8.03. The van der Waals surface area contributed by atoms with Gasteiger partial charge in [0, 0.05) is 10.9 Å². The zero-order valence-electron chi connectivity index (χ0n) is 23.6. The van der Waals surface area contributed by atoms with Gasteiger partial charge in [-0.25, -0.2) is 4.79 Å². The third-order valence-electron chi connectivity index (χ3n) is 7.09. The van der Waals surface area contributed by atoms with Gasteiger partial charge in [0.15, 0.2) is 6.61 Å². The van der Waals surface area contributed by atoms with Gasteiger partial charge >= 0.3 is 5.97 Å². The van der Waals surface area contributed by atoms with Crippen LogP contribution in [0, 0.1) is 5.92 Å². The minimum Gasteiger partial charge on any atom is -0.484 e. The molecular formula is C32H33NO7S. The minimum atomic E-state index is -0.420. The fourth-order valence-corrected chi connectivity index (χ4v) is 6.40. The second kappa shape index (κ2) is 12.2. The van der Waals surface area contributed by atoms with Crippen molar-refractivity contribution in [1.82, 2.24) is 0 Å². The van der Waals surface area contributed by atoms with E-state index in [1.807, 2.05) is 24.3 Å². The number of rotatable bonds is 9. The number of anilines is 1. The summed E-state index contributed by atoms with van der Waals surface area (Å²) in [4.78, 5) is 39.8. The summed E-state index contributed by atoms with van der Waals surface area (Å²) in [6, 6.07) is 12.3. The SMILES string of the molecule is CCOC(=O)c1c(NC(=O)COc2ccc3c(=O)c(Oc4ccccc4C(C)C)coc3c2)sc2c1CCC(C)C2. The van der Waals surface area contributed by atoms with Gasteiger partial charge in [-0.15, -0.1) is 11.3 Å². The van der Waals surface area contributed by atoms with E-state index in [0.717, 1.165) is 35.3 Å². The van der Waals surface area contributed by atoms with Crippen molar-refractivity contribution in [3.05, 3.63) is 80.5 Å². The first kappa shape index (κ1) is 28.4. The molecule has 0 saturated heterocycles. The van der Waals surface area contributed by atoms with Crippen molar-refractivity contribution >= 4 is 39.2 Å². The maximum absolute atomic E-state index is 13.1. The number of amides is 1. The van der Waals surface area contributed by atoms with E-state index < -0.39 is 11.9 Å². The van der Waals surface area contributed by atoms with E-state index >= 15 is 0 Å². The van der Waals surface area contributed by atoms with Gasteiger partial charge < -0.3 is 23.9 Å². The number of fused-ring (bicyclic) bond motifs is 2. The molecule has 0 fully saturated rings. The number of hydrogen-bond donors (Lipinski definition) is 1. The highest BCUT2D eigenvalue weighted by molar-refractivity contribution is 7.17. The summed E-state index contributed by atoms with van der Waals surface area (Å²) in [5, 5.41) is 3.67. The average Bonchev–Trinajstić information content (AvgIpc) is 3.30. The maximum Gasteiger partial charge on any atom is 0.341 e. The largest absolute Gasteiger partial charge is 0.484 e. The predicted molar refractivity (Wildman–Crippen MR) is 159 cm³/mol. The number of benzene rings is 2. The molecule has 2 aromatic heterocycles. The fourth-order valence-electron chi connectivity index (χ4n) is 4.99. The van der Waals surface area contributed by atoms with Crippen molar-refractivity contribution < 1.29 is 28.2 Å². The Morgan fingerprint density at radius 2 is 1.95 bits per heavy atom. The van der Waals surface area contributed by atoms with Gasteiger partial charge in [0.1, 0.15) is 28.3 Å². The number of nitrogens with one attached hydrogen (secondary N) is 1. The van der Waals surface area contributed by atoms with Gasteiger partial charge in [-0.05, 0) is 67.3 Å². The van der Waals surface area contributed by atoms with Gasteiger partial charge in [0.05, 0.1) is 17.6 Å². The zero-order valence-corrected chi connectivity index (χ0v) is 24.4. The lowest BCUT2D eigenvalue weighted by Gasteiger charge is -2.18. The highest BCUT2D eigenvalue weighted by atomic mass is 32.1. The van der Waals surface area contributed by atoms with Crippen molar-refractivity contribution in [3.63, 3.8) is 0 Å². The van der Waals surface area contributed by atoms with Crippen molar-refractivity contribution in [2.24, 2.45) is 5.92 Å². The normalized spacial score (nSPS) is 14.5. The van der Waals surface area contributed by atoms with Crippen LogP contribution >= 0.6 is 11.3 Å². The van der Waals surface area contributed by atoms with Gasteiger partial charge in [0.2, 0.25) is 11.2 Å². The van der Waals surface area contributed by atoms with Gasteiger partial charge in [-0.3, -0.25) is 9.59 Å².